The van der Waals surface area contributed by atoms with Gasteiger partial charge >= 0.3 is 6.03 Å². The van der Waals surface area contributed by atoms with Gasteiger partial charge in [-0.3, -0.25) is 0 Å². The Labute approximate surface area is 266 Å². The molecule has 6 rings (SSSR count). The molecule has 1 aromatic heterocycles. The number of aromatic nitrogens is 2. The number of imidazole rings is 1. The van der Waals surface area contributed by atoms with Crippen molar-refractivity contribution in [1.29, 1.82) is 5.26 Å². The Morgan fingerprint density at radius 3 is 2.58 bits per heavy atom. The van der Waals surface area contributed by atoms with Gasteiger partial charge in [0.15, 0.2) is 0 Å². The van der Waals surface area contributed by atoms with Crippen LogP contribution < -0.4 is 15.5 Å². The SMILES string of the molecule is CCc1nccn1CC(c1ccccc1)(C1CCN(CC2CN(c3ccc(C#N)cc3F)C2)CC1)[C@H]1CCC[C@@H]1NC(=O)NC. The van der Waals surface area contributed by atoms with Gasteiger partial charge in [-0.25, -0.2) is 14.2 Å². The maximum Gasteiger partial charge on any atom is 0.314 e. The first-order valence-electron chi connectivity index (χ1n) is 16.7. The van der Waals surface area contributed by atoms with Crippen molar-refractivity contribution in [3.63, 3.8) is 0 Å². The summed E-state index contributed by atoms with van der Waals surface area (Å²) in [5.41, 5.74) is 2.17. The van der Waals surface area contributed by atoms with E-state index < -0.39 is 0 Å². The van der Waals surface area contributed by atoms with Crippen LogP contribution >= 0.6 is 0 Å². The molecular formula is C36H46FN7O. The van der Waals surface area contributed by atoms with E-state index in [0.717, 1.165) is 83.6 Å². The van der Waals surface area contributed by atoms with Gasteiger partial charge in [0, 0.05) is 69.4 Å². The number of carbonyl (C=O) groups excluding carboxylic acids is 1. The van der Waals surface area contributed by atoms with Gasteiger partial charge < -0.3 is 25.0 Å². The van der Waals surface area contributed by atoms with Gasteiger partial charge in [0.25, 0.3) is 0 Å². The number of urea groups is 1. The number of amides is 2. The number of halogens is 1. The number of nitrogens with zero attached hydrogens (tertiary/aromatic N) is 5. The van der Waals surface area contributed by atoms with Crippen LogP contribution in [0, 0.1) is 34.9 Å². The number of hydrogen-bond acceptors (Lipinski definition) is 5. The third-order valence-electron chi connectivity index (χ3n) is 10.8. The fourth-order valence-corrected chi connectivity index (χ4v) is 8.62. The number of aryl methyl sites for hydroxylation is 1. The van der Waals surface area contributed by atoms with Gasteiger partial charge in [0.1, 0.15) is 11.6 Å². The van der Waals surface area contributed by atoms with Crippen molar-refractivity contribution in [3.8, 4) is 6.07 Å². The van der Waals surface area contributed by atoms with Crippen molar-refractivity contribution in [2.24, 2.45) is 17.8 Å². The van der Waals surface area contributed by atoms with Crippen LogP contribution in [0.4, 0.5) is 14.9 Å². The average molecular weight is 612 g/mol. The first-order chi connectivity index (χ1) is 21.9. The molecule has 9 heteroatoms. The van der Waals surface area contributed by atoms with Crippen molar-refractivity contribution in [3.05, 3.63) is 83.7 Å². The number of carbonyl (C=O) groups is 1. The molecule has 3 atom stereocenters. The summed E-state index contributed by atoms with van der Waals surface area (Å²) in [6, 6.07) is 17.9. The van der Waals surface area contributed by atoms with E-state index >= 15 is 0 Å². The van der Waals surface area contributed by atoms with Gasteiger partial charge in [0.05, 0.1) is 17.3 Å². The van der Waals surface area contributed by atoms with E-state index in [1.165, 1.54) is 11.6 Å². The molecule has 3 heterocycles. The topological polar surface area (TPSA) is 89.2 Å². The summed E-state index contributed by atoms with van der Waals surface area (Å²) in [5.74, 6) is 2.06. The smallest absolute Gasteiger partial charge is 0.314 e. The summed E-state index contributed by atoms with van der Waals surface area (Å²) in [6.07, 6.45) is 10.3. The molecule has 2 aromatic carbocycles. The Balaban J connectivity index is 1.21. The summed E-state index contributed by atoms with van der Waals surface area (Å²) in [6.45, 7) is 7.79. The number of likely N-dealkylation sites (tertiary alicyclic amines) is 1. The number of nitriles is 1. The number of benzene rings is 2. The molecule has 3 aliphatic rings. The van der Waals surface area contributed by atoms with Crippen LogP contribution in [0.5, 0.6) is 0 Å². The molecule has 1 aliphatic carbocycles. The molecule has 0 spiro atoms. The molecule has 2 aliphatic heterocycles. The number of rotatable bonds is 10. The van der Waals surface area contributed by atoms with Crippen LogP contribution in [-0.4, -0.2) is 66.3 Å². The van der Waals surface area contributed by atoms with Crippen LogP contribution in [0.3, 0.4) is 0 Å². The average Bonchev–Trinajstić information content (AvgIpc) is 3.71. The van der Waals surface area contributed by atoms with Gasteiger partial charge in [0.2, 0.25) is 0 Å². The lowest BCUT2D eigenvalue weighted by Crippen LogP contribution is -2.57. The first kappa shape index (κ1) is 31.1. The second kappa shape index (κ2) is 13.6. The molecule has 3 fully saturated rings. The quantitative estimate of drug-likeness (QED) is 0.323. The maximum absolute atomic E-state index is 14.6. The van der Waals surface area contributed by atoms with Crippen LogP contribution in [-0.2, 0) is 18.4 Å². The molecule has 0 bridgehead atoms. The zero-order valence-electron chi connectivity index (χ0n) is 26.6. The van der Waals surface area contributed by atoms with Gasteiger partial charge in [-0.1, -0.05) is 43.7 Å². The van der Waals surface area contributed by atoms with E-state index in [1.807, 2.05) is 12.3 Å². The van der Waals surface area contributed by atoms with Crippen LogP contribution in [0.25, 0.3) is 0 Å². The standard InChI is InChI=1S/C36H46FN7O/c1-3-34-40-16-19-43(34)25-36(28-8-5-4-6-9-28,30-10-7-11-32(30)41-35(45)39-2)29-14-17-42(18-15-29)22-27-23-44(24-27)33-13-12-26(21-38)20-31(33)37/h4-6,8-9,12-13,16,19-20,27,29-30,32H,3,7,10-11,14-15,17-18,22-25H2,1-2H3,(H2,39,41,45)/t30-,32-,36?/m0/s1. The monoisotopic (exact) mass is 611 g/mol. The Kier molecular flexibility index (Phi) is 9.41. The van der Waals surface area contributed by atoms with E-state index in [2.05, 4.69) is 68.5 Å². The molecular weight excluding hydrogens is 565 g/mol. The van der Waals surface area contributed by atoms with Crippen LogP contribution in [0.2, 0.25) is 0 Å². The minimum atomic E-state index is -0.314. The number of anilines is 1. The van der Waals surface area contributed by atoms with Crippen LogP contribution in [0.1, 0.15) is 56.0 Å². The van der Waals surface area contributed by atoms with Crippen molar-refractivity contribution in [2.75, 3.05) is 44.7 Å². The molecule has 8 nitrogen and oxygen atoms in total. The highest BCUT2D eigenvalue weighted by Gasteiger charge is 2.52. The fourth-order valence-electron chi connectivity index (χ4n) is 8.62. The largest absolute Gasteiger partial charge is 0.368 e. The highest BCUT2D eigenvalue weighted by molar-refractivity contribution is 5.73. The summed E-state index contributed by atoms with van der Waals surface area (Å²) in [4.78, 5) is 22.0. The Morgan fingerprint density at radius 2 is 1.89 bits per heavy atom. The van der Waals surface area contributed by atoms with E-state index in [-0.39, 0.29) is 23.3 Å². The molecule has 2 saturated heterocycles. The molecule has 3 aromatic rings. The first-order valence-corrected chi connectivity index (χ1v) is 16.7. The Hall–Kier alpha value is -3.90. The Morgan fingerprint density at radius 1 is 1.11 bits per heavy atom. The highest BCUT2D eigenvalue weighted by atomic mass is 19.1. The summed E-state index contributed by atoms with van der Waals surface area (Å²) in [7, 11) is 1.70. The van der Waals surface area contributed by atoms with Crippen molar-refractivity contribution in [2.45, 2.75) is 63.5 Å². The van der Waals surface area contributed by atoms with E-state index in [9.17, 15) is 9.18 Å². The predicted molar refractivity (Wildman–Crippen MR) is 174 cm³/mol. The summed E-state index contributed by atoms with van der Waals surface area (Å²) < 4.78 is 17.0. The second-order valence-electron chi connectivity index (χ2n) is 13.2. The number of nitrogens with one attached hydrogen (secondary N) is 2. The van der Waals surface area contributed by atoms with Crippen molar-refractivity contribution < 1.29 is 9.18 Å². The second-order valence-corrected chi connectivity index (χ2v) is 13.2. The molecule has 1 unspecified atom stereocenters. The van der Waals surface area contributed by atoms with E-state index in [0.29, 0.717) is 29.0 Å². The van der Waals surface area contributed by atoms with Gasteiger partial charge in [-0.05, 0) is 74.4 Å². The van der Waals surface area contributed by atoms with E-state index in [4.69, 9.17) is 10.2 Å². The Bertz CT molecular complexity index is 1490. The van der Waals surface area contributed by atoms with Gasteiger partial charge in [-0.2, -0.15) is 5.26 Å². The normalized spacial score (nSPS) is 22.4. The highest BCUT2D eigenvalue weighted by Crippen LogP contribution is 2.51. The number of piperidine rings is 1. The molecule has 1 saturated carbocycles. The summed E-state index contributed by atoms with van der Waals surface area (Å²) >= 11 is 0. The lowest BCUT2D eigenvalue weighted by molar-refractivity contribution is 0.0561. The lowest BCUT2D eigenvalue weighted by atomic mass is 9.58. The number of hydrogen-bond donors (Lipinski definition) is 2. The molecule has 2 amide bonds. The maximum atomic E-state index is 14.6. The third-order valence-corrected chi connectivity index (χ3v) is 10.8. The predicted octanol–water partition coefficient (Wildman–Crippen LogP) is 5.34. The zero-order valence-corrected chi connectivity index (χ0v) is 26.6. The third kappa shape index (κ3) is 6.30. The fraction of sp³-hybridized carbons (Fsp3) is 0.528. The minimum absolute atomic E-state index is 0.101. The zero-order chi connectivity index (χ0) is 31.4. The minimum Gasteiger partial charge on any atom is -0.368 e. The molecule has 0 radical (unpaired) electrons. The van der Waals surface area contributed by atoms with Crippen LogP contribution in [0.15, 0.2) is 60.9 Å². The van der Waals surface area contributed by atoms with E-state index in [1.54, 1.807) is 19.2 Å². The summed E-state index contributed by atoms with van der Waals surface area (Å²) in [5, 5.41) is 15.2. The van der Waals surface area contributed by atoms with Gasteiger partial charge in [-0.15, -0.1) is 0 Å². The molecule has 2 N–H and O–H groups in total. The lowest BCUT2D eigenvalue weighted by Gasteiger charge is -2.51. The molecule has 238 valence electrons. The van der Waals surface area contributed by atoms with Crippen molar-refractivity contribution in [1.82, 2.24) is 25.1 Å². The van der Waals surface area contributed by atoms with Crippen molar-refractivity contribution >= 4 is 11.7 Å². The molecule has 45 heavy (non-hydrogen) atoms.